The Labute approximate surface area is 163 Å². The highest BCUT2D eigenvalue weighted by Crippen LogP contribution is 2.36. The third-order valence-corrected chi connectivity index (χ3v) is 7.15. The number of carbonyl (C=O) groups excluding carboxylic acids is 2. The number of nitrogens with zero attached hydrogens (tertiary/aromatic N) is 1. The van der Waals surface area contributed by atoms with E-state index in [0.717, 1.165) is 25.1 Å². The molecule has 26 heavy (non-hydrogen) atoms. The van der Waals surface area contributed by atoms with Crippen molar-refractivity contribution < 1.29 is 9.59 Å². The van der Waals surface area contributed by atoms with E-state index in [1.54, 1.807) is 35.2 Å². The summed E-state index contributed by atoms with van der Waals surface area (Å²) in [6, 6.07) is 11.1. The van der Waals surface area contributed by atoms with Crippen LogP contribution in [0, 0.1) is 0 Å². The highest BCUT2D eigenvalue weighted by atomic mass is 32.2. The minimum Gasteiger partial charge on any atom is -0.324 e. The number of thioether (sulfide) groups is 2. The molecule has 2 aromatic carbocycles. The summed E-state index contributed by atoms with van der Waals surface area (Å²) in [4.78, 5) is 29.9. The van der Waals surface area contributed by atoms with Gasteiger partial charge in [0.15, 0.2) is 4.34 Å². The van der Waals surface area contributed by atoms with E-state index in [1.807, 2.05) is 37.4 Å². The molecule has 0 fully saturated rings. The van der Waals surface area contributed by atoms with Gasteiger partial charge in [0.05, 0.1) is 21.2 Å². The molecule has 2 heterocycles. The van der Waals surface area contributed by atoms with Crippen molar-refractivity contribution in [3.05, 3.63) is 42.0 Å². The van der Waals surface area contributed by atoms with E-state index in [9.17, 15) is 9.59 Å². The molecule has 2 N–H and O–H groups in total. The van der Waals surface area contributed by atoms with Crippen molar-refractivity contribution in [3.8, 4) is 0 Å². The fourth-order valence-electron chi connectivity index (χ4n) is 2.62. The molecule has 2 amide bonds. The summed E-state index contributed by atoms with van der Waals surface area (Å²) in [6.07, 6.45) is 1.99. The third-order valence-electron chi connectivity index (χ3n) is 3.97. The number of nitrogens with one attached hydrogen (secondary N) is 2. The summed E-state index contributed by atoms with van der Waals surface area (Å²) in [5, 5.41) is 5.65. The Bertz CT molecular complexity index is 1030. The fraction of sp³-hybridized carbons (Fsp3) is 0.167. The van der Waals surface area contributed by atoms with Gasteiger partial charge in [-0.3, -0.25) is 9.59 Å². The second-order valence-electron chi connectivity index (χ2n) is 5.78. The standard InChI is InChI=1S/C18H15N3O2S3/c1-9-16(22)20-13-7-10(3-6-14(13)25-9)17(23)19-11-4-5-12-15(8-11)26-18(21-12)24-2/h3-9H,1-2H3,(H,19,23)(H,20,22)/t9-/m1/s1. The second kappa shape index (κ2) is 6.94. The minimum absolute atomic E-state index is 0.0414. The lowest BCUT2D eigenvalue weighted by Crippen LogP contribution is -2.26. The predicted molar refractivity (Wildman–Crippen MR) is 110 cm³/mol. The van der Waals surface area contributed by atoms with Gasteiger partial charge in [0, 0.05) is 16.1 Å². The highest BCUT2D eigenvalue weighted by Gasteiger charge is 2.23. The molecule has 0 saturated heterocycles. The number of fused-ring (bicyclic) bond motifs is 2. The van der Waals surface area contributed by atoms with Gasteiger partial charge >= 0.3 is 0 Å². The number of hydrogen-bond acceptors (Lipinski definition) is 6. The first kappa shape index (κ1) is 17.4. The lowest BCUT2D eigenvalue weighted by atomic mass is 10.1. The van der Waals surface area contributed by atoms with E-state index < -0.39 is 0 Å². The molecule has 0 saturated carbocycles. The van der Waals surface area contributed by atoms with Gasteiger partial charge in [0.1, 0.15) is 0 Å². The molecule has 1 aromatic heterocycles. The average molecular weight is 402 g/mol. The molecule has 1 atom stereocenters. The second-order valence-corrected chi connectivity index (χ2v) is 9.25. The van der Waals surface area contributed by atoms with Gasteiger partial charge in [-0.25, -0.2) is 4.98 Å². The Morgan fingerprint density at radius 3 is 2.92 bits per heavy atom. The Balaban J connectivity index is 1.56. The van der Waals surface area contributed by atoms with Crippen LogP contribution in [0.15, 0.2) is 45.6 Å². The van der Waals surface area contributed by atoms with E-state index in [0.29, 0.717) is 11.3 Å². The summed E-state index contributed by atoms with van der Waals surface area (Å²) in [5.41, 5.74) is 2.85. The van der Waals surface area contributed by atoms with Crippen molar-refractivity contribution in [3.63, 3.8) is 0 Å². The van der Waals surface area contributed by atoms with Gasteiger partial charge in [-0.05, 0) is 49.6 Å². The van der Waals surface area contributed by atoms with Crippen LogP contribution in [0.3, 0.4) is 0 Å². The molecule has 0 aliphatic carbocycles. The zero-order chi connectivity index (χ0) is 18.3. The molecule has 1 aliphatic rings. The normalized spacial score (nSPS) is 16.2. The maximum absolute atomic E-state index is 12.6. The van der Waals surface area contributed by atoms with Gasteiger partial charge in [0.25, 0.3) is 5.91 Å². The zero-order valence-electron chi connectivity index (χ0n) is 14.0. The summed E-state index contributed by atoms with van der Waals surface area (Å²) in [6.45, 7) is 1.86. The first-order valence-corrected chi connectivity index (χ1v) is 10.8. The van der Waals surface area contributed by atoms with Crippen molar-refractivity contribution in [2.75, 3.05) is 16.9 Å². The van der Waals surface area contributed by atoms with Crippen molar-refractivity contribution in [2.45, 2.75) is 21.4 Å². The van der Waals surface area contributed by atoms with Crippen LogP contribution in [0.4, 0.5) is 11.4 Å². The fourth-order valence-corrected chi connectivity index (χ4v) is 5.08. The molecular weight excluding hydrogens is 386 g/mol. The molecule has 132 valence electrons. The van der Waals surface area contributed by atoms with E-state index in [-0.39, 0.29) is 17.1 Å². The summed E-state index contributed by atoms with van der Waals surface area (Å²) >= 11 is 4.71. The summed E-state index contributed by atoms with van der Waals surface area (Å²) in [5.74, 6) is -0.250. The van der Waals surface area contributed by atoms with Crippen molar-refractivity contribution in [1.82, 2.24) is 4.98 Å². The quantitative estimate of drug-likeness (QED) is 0.622. The molecule has 4 rings (SSSR count). The lowest BCUT2D eigenvalue weighted by Gasteiger charge is -2.21. The van der Waals surface area contributed by atoms with Crippen LogP contribution in [-0.2, 0) is 4.79 Å². The van der Waals surface area contributed by atoms with Crippen LogP contribution in [0.1, 0.15) is 17.3 Å². The monoisotopic (exact) mass is 401 g/mol. The molecule has 1 aliphatic heterocycles. The topological polar surface area (TPSA) is 71.1 Å². The first-order chi connectivity index (χ1) is 12.5. The molecule has 0 radical (unpaired) electrons. The SMILES string of the molecule is CSc1nc2ccc(NC(=O)c3ccc4c(c3)NC(=O)[C@@H](C)S4)cc2s1. The highest BCUT2D eigenvalue weighted by molar-refractivity contribution is 8.01. The van der Waals surface area contributed by atoms with E-state index in [1.165, 1.54) is 11.8 Å². The van der Waals surface area contributed by atoms with Crippen LogP contribution in [0.25, 0.3) is 10.2 Å². The van der Waals surface area contributed by atoms with E-state index >= 15 is 0 Å². The number of amides is 2. The number of benzene rings is 2. The van der Waals surface area contributed by atoms with Gasteiger partial charge in [0.2, 0.25) is 5.91 Å². The molecular formula is C18H15N3O2S3. The minimum atomic E-state index is -0.209. The zero-order valence-corrected chi connectivity index (χ0v) is 16.5. The number of rotatable bonds is 3. The summed E-state index contributed by atoms with van der Waals surface area (Å²) < 4.78 is 2.04. The van der Waals surface area contributed by atoms with Crippen molar-refractivity contribution in [1.29, 1.82) is 0 Å². The van der Waals surface area contributed by atoms with Gasteiger partial charge in [-0.1, -0.05) is 11.8 Å². The van der Waals surface area contributed by atoms with Crippen LogP contribution >= 0.6 is 34.9 Å². The Hall–Kier alpha value is -2.03. The van der Waals surface area contributed by atoms with Crippen LogP contribution in [0.2, 0.25) is 0 Å². The molecule has 5 nitrogen and oxygen atoms in total. The van der Waals surface area contributed by atoms with Gasteiger partial charge in [-0.2, -0.15) is 0 Å². The Morgan fingerprint density at radius 1 is 1.27 bits per heavy atom. The molecule has 0 bridgehead atoms. The van der Waals surface area contributed by atoms with Crippen molar-refractivity contribution in [2.24, 2.45) is 0 Å². The number of aromatic nitrogens is 1. The smallest absolute Gasteiger partial charge is 0.255 e. The number of anilines is 2. The largest absolute Gasteiger partial charge is 0.324 e. The van der Waals surface area contributed by atoms with Gasteiger partial charge < -0.3 is 10.6 Å². The maximum Gasteiger partial charge on any atom is 0.255 e. The van der Waals surface area contributed by atoms with E-state index in [4.69, 9.17) is 0 Å². The molecule has 3 aromatic rings. The van der Waals surface area contributed by atoms with Gasteiger partial charge in [-0.15, -0.1) is 23.1 Å². The van der Waals surface area contributed by atoms with Crippen LogP contribution in [0.5, 0.6) is 0 Å². The molecule has 0 spiro atoms. The average Bonchev–Trinajstić information content (AvgIpc) is 3.04. The van der Waals surface area contributed by atoms with Crippen LogP contribution < -0.4 is 10.6 Å². The molecule has 8 heteroatoms. The Kier molecular flexibility index (Phi) is 4.64. The molecule has 0 unspecified atom stereocenters. The Morgan fingerprint density at radius 2 is 2.12 bits per heavy atom. The summed E-state index contributed by atoms with van der Waals surface area (Å²) in [7, 11) is 0. The lowest BCUT2D eigenvalue weighted by molar-refractivity contribution is -0.115. The van der Waals surface area contributed by atoms with E-state index in [2.05, 4.69) is 15.6 Å². The third kappa shape index (κ3) is 3.32. The first-order valence-electron chi connectivity index (χ1n) is 7.91. The number of carbonyl (C=O) groups is 2. The predicted octanol–water partition coefficient (Wildman–Crippen LogP) is 4.70. The number of hydrogen-bond donors (Lipinski definition) is 2. The number of thiazole rings is 1. The van der Waals surface area contributed by atoms with Crippen LogP contribution in [-0.4, -0.2) is 28.3 Å². The maximum atomic E-state index is 12.6. The van der Waals surface area contributed by atoms with Crippen molar-refractivity contribution >= 4 is 68.3 Å².